The van der Waals surface area contributed by atoms with E-state index in [0.717, 1.165) is 23.9 Å². The standard InChI is InChI=1S/C12H8ClF3N2OS/c13-6-2-1-3-18-11(6)20-10-5-9(19-12(15)16)7(14)4-8(10)17/h1-5,12H,17H2. The van der Waals surface area contributed by atoms with E-state index in [1.165, 1.54) is 6.20 Å². The average molecular weight is 321 g/mol. The van der Waals surface area contributed by atoms with Crippen LogP contribution in [0.15, 0.2) is 40.4 Å². The van der Waals surface area contributed by atoms with Crippen molar-refractivity contribution in [2.24, 2.45) is 0 Å². The highest BCUT2D eigenvalue weighted by molar-refractivity contribution is 7.99. The van der Waals surface area contributed by atoms with E-state index in [2.05, 4.69) is 9.72 Å². The lowest BCUT2D eigenvalue weighted by molar-refractivity contribution is -0.0523. The first-order chi connectivity index (χ1) is 9.47. The zero-order valence-electron chi connectivity index (χ0n) is 9.82. The number of pyridine rings is 1. The monoisotopic (exact) mass is 320 g/mol. The van der Waals surface area contributed by atoms with Crippen molar-refractivity contribution < 1.29 is 17.9 Å². The molecule has 0 unspecified atom stereocenters. The maximum absolute atomic E-state index is 13.4. The molecular formula is C12H8ClF3N2OS. The summed E-state index contributed by atoms with van der Waals surface area (Å²) < 4.78 is 41.8. The van der Waals surface area contributed by atoms with E-state index in [4.69, 9.17) is 17.3 Å². The molecule has 1 heterocycles. The SMILES string of the molecule is Nc1cc(F)c(OC(F)F)cc1Sc1ncccc1Cl. The first-order valence-corrected chi connectivity index (χ1v) is 6.49. The molecule has 0 spiro atoms. The van der Waals surface area contributed by atoms with Crippen molar-refractivity contribution in [1.82, 2.24) is 4.98 Å². The van der Waals surface area contributed by atoms with E-state index in [1.54, 1.807) is 12.1 Å². The van der Waals surface area contributed by atoms with Crippen LogP contribution in [-0.2, 0) is 0 Å². The van der Waals surface area contributed by atoms with Crippen LogP contribution in [0.5, 0.6) is 5.75 Å². The number of benzene rings is 1. The number of nitrogens with two attached hydrogens (primary N) is 1. The predicted octanol–water partition coefficient (Wildman–Crippen LogP) is 4.21. The van der Waals surface area contributed by atoms with Crippen molar-refractivity contribution in [3.8, 4) is 5.75 Å². The summed E-state index contributed by atoms with van der Waals surface area (Å²) in [5.41, 5.74) is 5.72. The molecule has 0 saturated carbocycles. The van der Waals surface area contributed by atoms with E-state index in [1.807, 2.05) is 0 Å². The summed E-state index contributed by atoms with van der Waals surface area (Å²) in [7, 11) is 0. The first kappa shape index (κ1) is 14.8. The zero-order chi connectivity index (χ0) is 14.7. The summed E-state index contributed by atoms with van der Waals surface area (Å²) in [5.74, 6) is -1.54. The molecule has 3 nitrogen and oxygen atoms in total. The number of alkyl halides is 2. The third-order valence-electron chi connectivity index (χ3n) is 2.21. The van der Waals surface area contributed by atoms with Gasteiger partial charge in [-0.1, -0.05) is 23.4 Å². The van der Waals surface area contributed by atoms with Crippen molar-refractivity contribution in [2.45, 2.75) is 16.5 Å². The smallest absolute Gasteiger partial charge is 0.387 e. The Morgan fingerprint density at radius 3 is 2.75 bits per heavy atom. The quantitative estimate of drug-likeness (QED) is 0.857. The Morgan fingerprint density at radius 1 is 1.35 bits per heavy atom. The predicted molar refractivity (Wildman–Crippen MR) is 70.8 cm³/mol. The van der Waals surface area contributed by atoms with Crippen molar-refractivity contribution in [2.75, 3.05) is 5.73 Å². The third kappa shape index (κ3) is 3.49. The lowest BCUT2D eigenvalue weighted by Crippen LogP contribution is -2.04. The van der Waals surface area contributed by atoms with Crippen molar-refractivity contribution >= 4 is 29.1 Å². The number of rotatable bonds is 4. The Balaban J connectivity index is 2.34. The van der Waals surface area contributed by atoms with Gasteiger partial charge in [0.2, 0.25) is 0 Å². The molecule has 1 aromatic heterocycles. The van der Waals surface area contributed by atoms with Crippen LogP contribution in [0.3, 0.4) is 0 Å². The number of nitrogen functional groups attached to an aromatic ring is 1. The van der Waals surface area contributed by atoms with E-state index in [0.29, 0.717) is 14.9 Å². The fraction of sp³-hybridized carbons (Fsp3) is 0.0833. The summed E-state index contributed by atoms with van der Waals surface area (Å²) >= 11 is 6.96. The van der Waals surface area contributed by atoms with E-state index in [9.17, 15) is 13.2 Å². The van der Waals surface area contributed by atoms with Gasteiger partial charge in [0.15, 0.2) is 11.6 Å². The van der Waals surface area contributed by atoms with Crippen LogP contribution in [0, 0.1) is 5.82 Å². The number of hydrogen-bond acceptors (Lipinski definition) is 4. The van der Waals surface area contributed by atoms with Gasteiger partial charge in [-0.15, -0.1) is 0 Å². The van der Waals surface area contributed by atoms with Crippen LogP contribution in [-0.4, -0.2) is 11.6 Å². The normalized spacial score (nSPS) is 10.8. The molecule has 0 aliphatic carbocycles. The topological polar surface area (TPSA) is 48.1 Å². The largest absolute Gasteiger partial charge is 0.432 e. The summed E-state index contributed by atoms with van der Waals surface area (Å²) in [6.45, 7) is -3.12. The van der Waals surface area contributed by atoms with E-state index >= 15 is 0 Å². The highest BCUT2D eigenvalue weighted by Crippen LogP contribution is 2.38. The second-order valence-electron chi connectivity index (χ2n) is 3.59. The van der Waals surface area contributed by atoms with Crippen LogP contribution >= 0.6 is 23.4 Å². The fourth-order valence-corrected chi connectivity index (χ4v) is 2.44. The van der Waals surface area contributed by atoms with Gasteiger partial charge >= 0.3 is 6.61 Å². The number of hydrogen-bond donors (Lipinski definition) is 1. The average Bonchev–Trinajstić information content (AvgIpc) is 2.37. The molecule has 2 N–H and O–H groups in total. The number of ether oxygens (including phenoxy) is 1. The molecular weight excluding hydrogens is 313 g/mol. The van der Waals surface area contributed by atoms with Gasteiger partial charge in [0, 0.05) is 22.8 Å². The Labute approximate surface area is 121 Å². The van der Waals surface area contributed by atoms with Crippen LogP contribution in [0.2, 0.25) is 5.02 Å². The van der Waals surface area contributed by atoms with Crippen LogP contribution < -0.4 is 10.5 Å². The maximum Gasteiger partial charge on any atom is 0.387 e. The summed E-state index contributed by atoms with van der Waals surface area (Å²) in [5, 5.41) is 0.799. The van der Waals surface area contributed by atoms with Crippen LogP contribution in [0.25, 0.3) is 0 Å². The van der Waals surface area contributed by atoms with Gasteiger partial charge < -0.3 is 10.5 Å². The molecule has 0 fully saturated rings. The fourth-order valence-electron chi connectivity index (χ4n) is 1.38. The first-order valence-electron chi connectivity index (χ1n) is 5.29. The Kier molecular flexibility index (Phi) is 4.61. The molecule has 0 radical (unpaired) electrons. The van der Waals surface area contributed by atoms with Gasteiger partial charge in [0.05, 0.1) is 5.02 Å². The second-order valence-corrected chi connectivity index (χ2v) is 5.03. The highest BCUT2D eigenvalue weighted by atomic mass is 35.5. The third-order valence-corrected chi connectivity index (χ3v) is 3.72. The molecule has 0 atom stereocenters. The van der Waals surface area contributed by atoms with Gasteiger partial charge in [0.25, 0.3) is 0 Å². The van der Waals surface area contributed by atoms with Crippen LogP contribution in [0.1, 0.15) is 0 Å². The van der Waals surface area contributed by atoms with Crippen molar-refractivity contribution in [3.63, 3.8) is 0 Å². The molecule has 2 aromatic rings. The minimum atomic E-state index is -3.12. The zero-order valence-corrected chi connectivity index (χ0v) is 11.4. The molecule has 106 valence electrons. The molecule has 0 amide bonds. The van der Waals surface area contributed by atoms with Crippen molar-refractivity contribution in [1.29, 1.82) is 0 Å². The minimum Gasteiger partial charge on any atom is -0.432 e. The second kappa shape index (κ2) is 6.23. The Bertz CT molecular complexity index is 628. The molecule has 0 aliphatic rings. The van der Waals surface area contributed by atoms with E-state index < -0.39 is 18.2 Å². The Morgan fingerprint density at radius 2 is 2.10 bits per heavy atom. The lowest BCUT2D eigenvalue weighted by atomic mass is 10.3. The van der Waals surface area contributed by atoms with Crippen molar-refractivity contribution in [3.05, 3.63) is 41.3 Å². The Hall–Kier alpha value is -1.60. The molecule has 0 bridgehead atoms. The summed E-state index contributed by atoms with van der Waals surface area (Å²) in [4.78, 5) is 4.34. The molecule has 1 aromatic carbocycles. The summed E-state index contributed by atoms with van der Waals surface area (Å²) in [6, 6.07) is 5.27. The molecule has 0 aliphatic heterocycles. The van der Waals surface area contributed by atoms with Gasteiger partial charge in [-0.2, -0.15) is 8.78 Å². The highest BCUT2D eigenvalue weighted by Gasteiger charge is 2.15. The number of anilines is 1. The van der Waals surface area contributed by atoms with E-state index in [-0.39, 0.29) is 5.69 Å². The number of nitrogens with zero attached hydrogens (tertiary/aromatic N) is 1. The molecule has 20 heavy (non-hydrogen) atoms. The molecule has 0 saturated heterocycles. The van der Waals surface area contributed by atoms with Gasteiger partial charge in [-0.05, 0) is 18.2 Å². The molecule has 8 heteroatoms. The van der Waals surface area contributed by atoms with Gasteiger partial charge in [-0.3, -0.25) is 0 Å². The van der Waals surface area contributed by atoms with Gasteiger partial charge in [-0.25, -0.2) is 9.37 Å². The summed E-state index contributed by atoms with van der Waals surface area (Å²) in [6.07, 6.45) is 1.52. The molecule has 2 rings (SSSR count). The van der Waals surface area contributed by atoms with Crippen LogP contribution in [0.4, 0.5) is 18.9 Å². The maximum atomic E-state index is 13.4. The number of aromatic nitrogens is 1. The minimum absolute atomic E-state index is 0.0795. The number of halogens is 4. The van der Waals surface area contributed by atoms with Gasteiger partial charge in [0.1, 0.15) is 5.03 Å². The lowest BCUT2D eigenvalue weighted by Gasteiger charge is -2.10.